The zero-order valence-corrected chi connectivity index (χ0v) is 11.1. The van der Waals surface area contributed by atoms with E-state index in [2.05, 4.69) is 41.5 Å². The van der Waals surface area contributed by atoms with Gasteiger partial charge >= 0.3 is 0 Å². The van der Waals surface area contributed by atoms with Crippen molar-refractivity contribution in [2.24, 2.45) is 17.8 Å². The standard InChI is InChI=1S/C14H29/c1-7-9-12(5)14(11(3)4)13(6)10-8-2/h11-13H,7-10H2,1-6H3. The number of hydrogen-bond donors (Lipinski definition) is 0. The lowest BCUT2D eigenvalue weighted by Crippen LogP contribution is -2.22. The molecule has 85 valence electrons. The van der Waals surface area contributed by atoms with Gasteiger partial charge in [0.05, 0.1) is 0 Å². The molecule has 14 heavy (non-hydrogen) atoms. The van der Waals surface area contributed by atoms with Crippen LogP contribution in [0.2, 0.25) is 0 Å². The predicted octanol–water partition coefficient (Wildman–Crippen LogP) is 5.09. The van der Waals surface area contributed by atoms with Crippen molar-refractivity contribution in [3.05, 3.63) is 5.92 Å². The molecule has 0 saturated carbocycles. The molecule has 0 aromatic heterocycles. The monoisotopic (exact) mass is 197 g/mol. The summed E-state index contributed by atoms with van der Waals surface area (Å²) in [5, 5.41) is 0. The van der Waals surface area contributed by atoms with Crippen molar-refractivity contribution in [3.63, 3.8) is 0 Å². The van der Waals surface area contributed by atoms with E-state index >= 15 is 0 Å². The van der Waals surface area contributed by atoms with E-state index in [1.165, 1.54) is 25.7 Å². The predicted molar refractivity (Wildman–Crippen MR) is 66.2 cm³/mol. The van der Waals surface area contributed by atoms with E-state index in [4.69, 9.17) is 0 Å². The van der Waals surface area contributed by atoms with Gasteiger partial charge in [0, 0.05) is 0 Å². The van der Waals surface area contributed by atoms with E-state index in [1.807, 2.05) is 0 Å². The molecule has 1 radical (unpaired) electrons. The van der Waals surface area contributed by atoms with Crippen molar-refractivity contribution in [1.29, 1.82) is 0 Å². The molecule has 0 N–H and O–H groups in total. The summed E-state index contributed by atoms with van der Waals surface area (Å²) in [6.07, 6.45) is 5.36. The van der Waals surface area contributed by atoms with Crippen LogP contribution in [0.15, 0.2) is 0 Å². The van der Waals surface area contributed by atoms with E-state index in [-0.39, 0.29) is 0 Å². The Balaban J connectivity index is 4.26. The summed E-state index contributed by atoms with van der Waals surface area (Å²) in [6, 6.07) is 0. The molecule has 0 nitrogen and oxygen atoms in total. The van der Waals surface area contributed by atoms with Crippen LogP contribution in [-0.2, 0) is 0 Å². The molecule has 0 saturated heterocycles. The second-order valence-electron chi connectivity index (χ2n) is 5.03. The Hall–Kier alpha value is 0. The van der Waals surface area contributed by atoms with Crippen LogP contribution in [0.4, 0.5) is 0 Å². The maximum atomic E-state index is 2.41. The largest absolute Gasteiger partial charge is 0.0654 e. The topological polar surface area (TPSA) is 0 Å². The first-order chi connectivity index (χ1) is 6.54. The van der Waals surface area contributed by atoms with E-state index < -0.39 is 0 Å². The molecule has 0 aromatic rings. The van der Waals surface area contributed by atoms with Gasteiger partial charge < -0.3 is 0 Å². The molecule has 0 aliphatic rings. The van der Waals surface area contributed by atoms with Crippen molar-refractivity contribution in [3.8, 4) is 0 Å². The molecular formula is C14H29. The van der Waals surface area contributed by atoms with Crippen molar-refractivity contribution >= 4 is 0 Å². The molecule has 2 atom stereocenters. The van der Waals surface area contributed by atoms with Crippen molar-refractivity contribution < 1.29 is 0 Å². The highest BCUT2D eigenvalue weighted by Crippen LogP contribution is 2.35. The SMILES string of the molecule is CCCC(C)[C](C(C)C)C(C)CCC. The fraction of sp³-hybridized carbons (Fsp3) is 0.929. The summed E-state index contributed by atoms with van der Waals surface area (Å²) < 4.78 is 0. The van der Waals surface area contributed by atoms with Crippen molar-refractivity contribution in [2.75, 3.05) is 0 Å². The van der Waals surface area contributed by atoms with Crippen LogP contribution in [0.25, 0.3) is 0 Å². The Morgan fingerprint density at radius 3 is 1.36 bits per heavy atom. The lowest BCUT2D eigenvalue weighted by molar-refractivity contribution is 0.348. The van der Waals surface area contributed by atoms with Crippen molar-refractivity contribution in [2.45, 2.75) is 67.2 Å². The number of rotatable bonds is 7. The molecule has 2 unspecified atom stereocenters. The summed E-state index contributed by atoms with van der Waals surface area (Å²) in [5.41, 5.74) is 0. The summed E-state index contributed by atoms with van der Waals surface area (Å²) in [5.74, 6) is 4.20. The highest BCUT2D eigenvalue weighted by atomic mass is 14.3. The van der Waals surface area contributed by atoms with Gasteiger partial charge in [-0.2, -0.15) is 0 Å². The third-order valence-corrected chi connectivity index (χ3v) is 3.25. The Bertz CT molecular complexity index is 114. The van der Waals surface area contributed by atoms with E-state index in [0.29, 0.717) is 0 Å². The summed E-state index contributed by atoms with van der Waals surface area (Å²) in [6.45, 7) is 14.1. The molecule has 0 aliphatic heterocycles. The van der Waals surface area contributed by atoms with Crippen LogP contribution in [0.3, 0.4) is 0 Å². The van der Waals surface area contributed by atoms with E-state index in [9.17, 15) is 0 Å². The minimum Gasteiger partial charge on any atom is -0.0654 e. The smallest absolute Gasteiger partial charge is 0.0159 e. The Morgan fingerprint density at radius 1 is 0.786 bits per heavy atom. The molecular weight excluding hydrogens is 168 g/mol. The minimum absolute atomic E-state index is 0.762. The normalized spacial score (nSPS) is 16.3. The molecule has 0 spiro atoms. The van der Waals surface area contributed by atoms with E-state index in [1.54, 1.807) is 5.92 Å². The second kappa shape index (κ2) is 7.31. The zero-order chi connectivity index (χ0) is 11.1. The lowest BCUT2D eigenvalue weighted by Gasteiger charge is -2.32. The van der Waals surface area contributed by atoms with Crippen LogP contribution in [-0.4, -0.2) is 0 Å². The zero-order valence-electron chi connectivity index (χ0n) is 11.1. The van der Waals surface area contributed by atoms with Gasteiger partial charge in [0.15, 0.2) is 0 Å². The van der Waals surface area contributed by atoms with Gasteiger partial charge in [-0.25, -0.2) is 0 Å². The van der Waals surface area contributed by atoms with E-state index in [0.717, 1.165) is 17.8 Å². The first-order valence-electron chi connectivity index (χ1n) is 6.41. The Kier molecular flexibility index (Phi) is 7.31. The fourth-order valence-corrected chi connectivity index (χ4v) is 2.82. The van der Waals surface area contributed by atoms with Gasteiger partial charge in [0.25, 0.3) is 0 Å². The molecule has 0 rings (SSSR count). The third kappa shape index (κ3) is 4.48. The van der Waals surface area contributed by atoms with Gasteiger partial charge in [-0.15, -0.1) is 0 Å². The Labute approximate surface area is 91.5 Å². The minimum atomic E-state index is 0.762. The van der Waals surface area contributed by atoms with Crippen LogP contribution in [0.1, 0.15) is 67.2 Å². The van der Waals surface area contributed by atoms with Crippen LogP contribution in [0, 0.1) is 23.7 Å². The molecule has 0 heterocycles. The average Bonchev–Trinajstić information content (AvgIpc) is 2.04. The molecule has 0 aromatic carbocycles. The van der Waals surface area contributed by atoms with Crippen molar-refractivity contribution in [1.82, 2.24) is 0 Å². The van der Waals surface area contributed by atoms with Gasteiger partial charge in [0.1, 0.15) is 0 Å². The number of hydrogen-bond acceptors (Lipinski definition) is 0. The Morgan fingerprint density at radius 2 is 1.14 bits per heavy atom. The van der Waals surface area contributed by atoms with Gasteiger partial charge in [-0.1, -0.05) is 67.2 Å². The lowest BCUT2D eigenvalue weighted by atomic mass is 9.73. The third-order valence-electron chi connectivity index (χ3n) is 3.25. The summed E-state index contributed by atoms with van der Waals surface area (Å²) >= 11 is 0. The molecule has 0 bridgehead atoms. The van der Waals surface area contributed by atoms with Gasteiger partial charge in [0.2, 0.25) is 0 Å². The quantitative estimate of drug-likeness (QED) is 0.533. The molecule has 0 heteroatoms. The first-order valence-corrected chi connectivity index (χ1v) is 6.41. The maximum absolute atomic E-state index is 2.41. The maximum Gasteiger partial charge on any atom is -0.0159 e. The molecule has 0 fully saturated rings. The summed E-state index contributed by atoms with van der Waals surface area (Å²) in [4.78, 5) is 0. The van der Waals surface area contributed by atoms with Crippen LogP contribution in [0.5, 0.6) is 0 Å². The molecule has 0 amide bonds. The van der Waals surface area contributed by atoms with Gasteiger partial charge in [-0.3, -0.25) is 0 Å². The first kappa shape index (κ1) is 14.0. The van der Waals surface area contributed by atoms with Gasteiger partial charge in [-0.05, 0) is 23.7 Å². The average molecular weight is 197 g/mol. The van der Waals surface area contributed by atoms with Crippen LogP contribution < -0.4 is 0 Å². The molecule has 0 aliphatic carbocycles. The van der Waals surface area contributed by atoms with Crippen LogP contribution >= 0.6 is 0 Å². The highest BCUT2D eigenvalue weighted by molar-refractivity contribution is 5.01. The second-order valence-corrected chi connectivity index (χ2v) is 5.03. The highest BCUT2D eigenvalue weighted by Gasteiger charge is 2.25. The fourth-order valence-electron chi connectivity index (χ4n) is 2.82. The summed E-state index contributed by atoms with van der Waals surface area (Å²) in [7, 11) is 0.